The number of halogens is 2. The van der Waals surface area contributed by atoms with Gasteiger partial charge in [0.15, 0.2) is 12.4 Å². The van der Waals surface area contributed by atoms with Gasteiger partial charge in [-0.1, -0.05) is 38.4 Å². The number of ketones is 1. The molecule has 0 radical (unpaired) electrons. The summed E-state index contributed by atoms with van der Waals surface area (Å²) in [5.41, 5.74) is -0.571. The van der Waals surface area contributed by atoms with E-state index in [0.29, 0.717) is 0 Å². The fourth-order valence-corrected chi connectivity index (χ4v) is 4.38. The largest absolute Gasteiger partial charge is 0.454 e. The van der Waals surface area contributed by atoms with Crippen LogP contribution in [-0.2, 0) is 19.6 Å². The standard InChI is InChI=1S/C22H23ClFNO5S/c1-5-12-25(17-9-7-16(24)8-10-17)31(28,29)19-13-15(6-11-18(19)23)21(27)30-14-20(26)22(2,3)4/h5-11,13H,1,12,14H2,2-4H3. The molecule has 0 saturated carbocycles. The van der Waals surface area contributed by atoms with Crippen LogP contribution in [0.3, 0.4) is 0 Å². The Bertz CT molecular complexity index is 1090. The Morgan fingerprint density at radius 1 is 1.16 bits per heavy atom. The fourth-order valence-electron chi connectivity index (χ4n) is 2.44. The molecule has 6 nitrogen and oxygen atoms in total. The number of benzene rings is 2. The molecule has 0 aromatic heterocycles. The van der Waals surface area contributed by atoms with Crippen molar-refractivity contribution in [3.05, 3.63) is 71.5 Å². The van der Waals surface area contributed by atoms with Gasteiger partial charge >= 0.3 is 5.97 Å². The van der Waals surface area contributed by atoms with E-state index in [0.717, 1.165) is 22.5 Å². The molecule has 0 aliphatic carbocycles. The van der Waals surface area contributed by atoms with Gasteiger partial charge in [0.1, 0.15) is 10.7 Å². The third-order valence-electron chi connectivity index (χ3n) is 4.32. The molecule has 0 unspecified atom stereocenters. The summed E-state index contributed by atoms with van der Waals surface area (Å²) < 4.78 is 45.9. The van der Waals surface area contributed by atoms with Crippen molar-refractivity contribution < 1.29 is 27.1 Å². The lowest BCUT2D eigenvalue weighted by Crippen LogP contribution is -2.31. The van der Waals surface area contributed by atoms with Gasteiger partial charge in [-0.2, -0.15) is 0 Å². The summed E-state index contributed by atoms with van der Waals surface area (Å²) in [5, 5.41) is -0.113. The predicted octanol–water partition coefficient (Wildman–Crippen LogP) is 4.63. The van der Waals surface area contributed by atoms with Crippen LogP contribution in [0.2, 0.25) is 5.02 Å². The van der Waals surface area contributed by atoms with Crippen LogP contribution in [0.15, 0.2) is 60.0 Å². The highest BCUT2D eigenvalue weighted by Gasteiger charge is 2.28. The van der Waals surface area contributed by atoms with Crippen LogP contribution < -0.4 is 4.31 Å². The number of ether oxygens (including phenoxy) is 1. The average Bonchev–Trinajstić information content (AvgIpc) is 2.70. The maximum atomic E-state index is 13.3. The molecule has 2 aromatic rings. The van der Waals surface area contributed by atoms with Gasteiger partial charge in [0, 0.05) is 5.41 Å². The molecule has 166 valence electrons. The van der Waals surface area contributed by atoms with Crippen molar-refractivity contribution in [3.8, 4) is 0 Å². The van der Waals surface area contributed by atoms with Gasteiger partial charge in [-0.05, 0) is 42.5 Å². The summed E-state index contributed by atoms with van der Waals surface area (Å²) in [4.78, 5) is 24.0. The molecular weight excluding hydrogens is 445 g/mol. The molecule has 9 heteroatoms. The van der Waals surface area contributed by atoms with E-state index >= 15 is 0 Å². The van der Waals surface area contributed by atoms with Crippen molar-refractivity contribution in [2.75, 3.05) is 17.5 Å². The van der Waals surface area contributed by atoms with E-state index in [1.54, 1.807) is 20.8 Å². The van der Waals surface area contributed by atoms with Gasteiger partial charge < -0.3 is 4.74 Å². The fraction of sp³-hybridized carbons (Fsp3) is 0.273. The molecular formula is C22H23ClFNO5S. The molecule has 0 aliphatic rings. The normalized spacial score (nSPS) is 11.6. The second-order valence-electron chi connectivity index (χ2n) is 7.70. The number of Topliss-reactive ketones (excluding diaryl/α,β-unsaturated/α-hetero) is 1. The maximum absolute atomic E-state index is 13.3. The Hall–Kier alpha value is -2.71. The van der Waals surface area contributed by atoms with Gasteiger partial charge in [0.05, 0.1) is 22.8 Å². The van der Waals surface area contributed by atoms with Crippen LogP contribution in [0.25, 0.3) is 0 Å². The van der Waals surface area contributed by atoms with Crippen LogP contribution in [0, 0.1) is 11.2 Å². The summed E-state index contributed by atoms with van der Waals surface area (Å²) in [5.74, 6) is -1.66. The minimum absolute atomic E-state index is 0.0812. The monoisotopic (exact) mass is 467 g/mol. The lowest BCUT2D eigenvalue weighted by molar-refractivity contribution is -0.129. The van der Waals surface area contributed by atoms with Crippen LogP contribution in [-0.4, -0.2) is 33.3 Å². The first-order chi connectivity index (χ1) is 14.4. The zero-order valence-corrected chi connectivity index (χ0v) is 19.0. The molecule has 0 aliphatic heterocycles. The first-order valence-corrected chi connectivity index (χ1v) is 11.1. The Morgan fingerprint density at radius 3 is 2.32 bits per heavy atom. The highest BCUT2D eigenvalue weighted by Crippen LogP contribution is 2.30. The number of esters is 1. The Balaban J connectivity index is 2.39. The summed E-state index contributed by atoms with van der Waals surface area (Å²) in [6.45, 7) is 8.09. The van der Waals surface area contributed by atoms with Gasteiger partial charge in [0.25, 0.3) is 10.0 Å². The van der Waals surface area contributed by atoms with E-state index < -0.39 is 33.8 Å². The molecule has 0 fully saturated rings. The maximum Gasteiger partial charge on any atom is 0.338 e. The summed E-state index contributed by atoms with van der Waals surface area (Å²) in [7, 11) is -4.24. The number of hydrogen-bond donors (Lipinski definition) is 0. The van der Waals surface area contributed by atoms with E-state index in [1.807, 2.05) is 0 Å². The topological polar surface area (TPSA) is 80.8 Å². The van der Waals surface area contributed by atoms with Crippen LogP contribution in [0.5, 0.6) is 0 Å². The molecule has 2 aromatic carbocycles. The average molecular weight is 468 g/mol. The van der Waals surface area contributed by atoms with Crippen molar-refractivity contribution in [2.45, 2.75) is 25.7 Å². The van der Waals surface area contributed by atoms with Crippen molar-refractivity contribution in [1.29, 1.82) is 0 Å². The van der Waals surface area contributed by atoms with E-state index in [4.69, 9.17) is 16.3 Å². The number of hydrogen-bond acceptors (Lipinski definition) is 5. The summed E-state index contributed by atoms with van der Waals surface area (Å²) in [6, 6.07) is 8.52. The quantitative estimate of drug-likeness (QED) is 0.417. The van der Waals surface area contributed by atoms with E-state index in [1.165, 1.54) is 30.3 Å². The molecule has 0 atom stereocenters. The zero-order chi connectivity index (χ0) is 23.4. The van der Waals surface area contributed by atoms with Crippen LogP contribution in [0.1, 0.15) is 31.1 Å². The van der Waals surface area contributed by atoms with Gasteiger partial charge in [-0.15, -0.1) is 6.58 Å². The lowest BCUT2D eigenvalue weighted by atomic mass is 9.91. The molecule has 0 heterocycles. The lowest BCUT2D eigenvalue weighted by Gasteiger charge is -2.24. The minimum Gasteiger partial charge on any atom is -0.454 e. The van der Waals surface area contributed by atoms with Gasteiger partial charge in [-0.25, -0.2) is 17.6 Å². The van der Waals surface area contributed by atoms with Gasteiger partial charge in [-0.3, -0.25) is 9.10 Å². The first kappa shape index (κ1) is 24.6. The van der Waals surface area contributed by atoms with Gasteiger partial charge in [0.2, 0.25) is 0 Å². The van der Waals surface area contributed by atoms with Crippen LogP contribution in [0.4, 0.5) is 10.1 Å². The van der Waals surface area contributed by atoms with E-state index in [9.17, 15) is 22.4 Å². The number of nitrogens with zero attached hydrogens (tertiary/aromatic N) is 1. The molecule has 31 heavy (non-hydrogen) atoms. The van der Waals surface area contributed by atoms with Crippen molar-refractivity contribution >= 4 is 39.1 Å². The smallest absolute Gasteiger partial charge is 0.338 e. The van der Waals surface area contributed by atoms with E-state index in [2.05, 4.69) is 6.58 Å². The highest BCUT2D eigenvalue weighted by molar-refractivity contribution is 7.93. The van der Waals surface area contributed by atoms with E-state index in [-0.39, 0.29) is 33.5 Å². The molecule has 0 bridgehead atoms. The summed E-state index contributed by atoms with van der Waals surface area (Å²) in [6.07, 6.45) is 1.37. The Morgan fingerprint density at radius 2 is 1.77 bits per heavy atom. The number of carbonyl (C=O) groups is 2. The molecule has 0 amide bonds. The van der Waals surface area contributed by atoms with Crippen molar-refractivity contribution in [1.82, 2.24) is 0 Å². The molecule has 0 saturated heterocycles. The Labute approximate surface area is 186 Å². The Kier molecular flexibility index (Phi) is 7.62. The second kappa shape index (κ2) is 9.62. The van der Waals surface area contributed by atoms with Crippen molar-refractivity contribution in [3.63, 3.8) is 0 Å². The SMILES string of the molecule is C=CCN(c1ccc(F)cc1)S(=O)(=O)c1cc(C(=O)OCC(=O)C(C)(C)C)ccc1Cl. The molecule has 0 spiro atoms. The number of sulfonamides is 1. The third kappa shape index (κ3) is 5.92. The first-order valence-electron chi connectivity index (χ1n) is 9.27. The highest BCUT2D eigenvalue weighted by atomic mass is 35.5. The molecule has 0 N–H and O–H groups in total. The van der Waals surface area contributed by atoms with Crippen LogP contribution >= 0.6 is 11.6 Å². The predicted molar refractivity (Wildman–Crippen MR) is 117 cm³/mol. The number of carbonyl (C=O) groups excluding carboxylic acids is 2. The van der Waals surface area contributed by atoms with Crippen molar-refractivity contribution in [2.24, 2.45) is 5.41 Å². The number of anilines is 1. The second-order valence-corrected chi connectivity index (χ2v) is 9.93. The third-order valence-corrected chi connectivity index (χ3v) is 6.59. The number of rotatable bonds is 8. The molecule has 2 rings (SSSR count). The summed E-state index contributed by atoms with van der Waals surface area (Å²) >= 11 is 6.13. The zero-order valence-electron chi connectivity index (χ0n) is 17.4. The minimum atomic E-state index is -4.24.